The molecule has 8 rings (SSSR count). The topological polar surface area (TPSA) is 65.0 Å². The molecule has 6 heteroatoms. The van der Waals surface area contributed by atoms with Gasteiger partial charge >= 0.3 is 307 Å². The monoisotopic (exact) mass is 739 g/mol. The first-order valence-electron chi connectivity index (χ1n) is 17.8. The van der Waals surface area contributed by atoms with E-state index in [1.165, 1.54) is 16.7 Å². The van der Waals surface area contributed by atoms with Crippen LogP contribution in [0.15, 0.2) is 87.8 Å². The quantitative estimate of drug-likeness (QED) is 0.168. The van der Waals surface area contributed by atoms with Crippen molar-refractivity contribution in [3.63, 3.8) is 0 Å². The van der Waals surface area contributed by atoms with Gasteiger partial charge in [-0.3, -0.25) is 0 Å². The summed E-state index contributed by atoms with van der Waals surface area (Å²) in [4.78, 5) is 15.5. The Morgan fingerprint density at radius 2 is 1.29 bits per heavy atom. The van der Waals surface area contributed by atoms with E-state index < -0.39 is 0 Å². The maximum absolute atomic E-state index is 6.94. The molecule has 0 atom stereocenters. The van der Waals surface area contributed by atoms with Crippen LogP contribution >= 0.6 is 0 Å². The van der Waals surface area contributed by atoms with Crippen molar-refractivity contribution in [2.24, 2.45) is 5.41 Å². The van der Waals surface area contributed by atoms with Gasteiger partial charge in [0.2, 0.25) is 0 Å². The second-order valence-electron chi connectivity index (χ2n) is 17.3. The summed E-state index contributed by atoms with van der Waals surface area (Å²) < 4.78 is 15.7. The molecule has 0 saturated heterocycles. The number of rotatable bonds is 4. The summed E-state index contributed by atoms with van der Waals surface area (Å²) in [6, 6.07) is 26.1. The van der Waals surface area contributed by atoms with Gasteiger partial charge in [0, 0.05) is 0 Å². The van der Waals surface area contributed by atoms with Crippen molar-refractivity contribution in [2.75, 3.05) is 0 Å². The first-order valence-corrected chi connectivity index (χ1v) is 19.5. The zero-order valence-electron chi connectivity index (χ0n) is 31.3. The van der Waals surface area contributed by atoms with Gasteiger partial charge in [-0.2, -0.15) is 0 Å². The molecule has 51 heavy (non-hydrogen) atoms. The van der Waals surface area contributed by atoms with Gasteiger partial charge < -0.3 is 0 Å². The number of pyridine rings is 3. The van der Waals surface area contributed by atoms with E-state index >= 15 is 0 Å². The van der Waals surface area contributed by atoms with Gasteiger partial charge in [0.05, 0.1) is 0 Å². The molecule has 0 N–H and O–H groups in total. The summed E-state index contributed by atoms with van der Waals surface area (Å²) in [5.74, 6) is 0. The number of nitrogens with zero attached hydrogens (tertiary/aromatic N) is 3. The third-order valence-electron chi connectivity index (χ3n) is 9.69. The second-order valence-corrected chi connectivity index (χ2v) is 19.5. The Balaban J connectivity index is 1.36. The van der Waals surface area contributed by atoms with E-state index in [-0.39, 0.29) is 31.2 Å². The fourth-order valence-corrected chi connectivity index (χ4v) is 9.03. The van der Waals surface area contributed by atoms with E-state index in [4.69, 9.17) is 23.8 Å². The van der Waals surface area contributed by atoms with Crippen molar-refractivity contribution in [1.82, 2.24) is 15.0 Å². The summed E-state index contributed by atoms with van der Waals surface area (Å²) >= 11 is -0.182. The van der Waals surface area contributed by atoms with Gasteiger partial charge in [-0.15, -0.1) is 0 Å². The average molecular weight is 739 g/mol. The molecule has 0 bridgehead atoms. The Labute approximate surface area is 306 Å². The van der Waals surface area contributed by atoms with Crippen LogP contribution in [-0.4, -0.2) is 29.9 Å². The standard InChI is InChI=1S/C45H45N3O2Se/c1-25-17-36(51-37-23-29(45(8,9)10)22-33(47-37)32-21-28(15-16-46-32)44(5,6)7)48-40-31-20-27-13-11-12-14-30(27)42-38(31)39-34(49-41(25)40)18-26(19-35(39)50-42)24-43(2,3)4/h11-23H,24H2,1-10H3. The number of furan rings is 1. The van der Waals surface area contributed by atoms with Crippen molar-refractivity contribution in [2.45, 2.75) is 86.5 Å². The number of benzene rings is 3. The average Bonchev–Trinajstić information content (AvgIpc) is 3.37. The van der Waals surface area contributed by atoms with Crippen molar-refractivity contribution in [3.05, 3.63) is 101 Å². The van der Waals surface area contributed by atoms with Gasteiger partial charge in [-0.25, -0.2) is 0 Å². The predicted octanol–water partition coefficient (Wildman–Crippen LogP) is 10.6. The molecule has 0 aliphatic rings. The van der Waals surface area contributed by atoms with E-state index in [0.717, 1.165) is 87.3 Å². The van der Waals surface area contributed by atoms with Gasteiger partial charge in [0.15, 0.2) is 0 Å². The zero-order valence-corrected chi connectivity index (χ0v) is 33.0. The van der Waals surface area contributed by atoms with Crippen LogP contribution in [0, 0.1) is 12.3 Å². The van der Waals surface area contributed by atoms with Crippen LogP contribution < -0.4 is 9.18 Å². The zero-order chi connectivity index (χ0) is 36.0. The fourth-order valence-electron chi connectivity index (χ4n) is 7.10. The van der Waals surface area contributed by atoms with Crippen molar-refractivity contribution < 1.29 is 8.83 Å². The normalized spacial score (nSPS) is 13.1. The maximum atomic E-state index is 6.94. The Hall–Kier alpha value is -4.51. The molecule has 8 aromatic rings. The van der Waals surface area contributed by atoms with E-state index in [1.807, 2.05) is 6.20 Å². The molecule has 0 saturated carbocycles. The van der Waals surface area contributed by atoms with Crippen molar-refractivity contribution in [1.29, 1.82) is 0 Å². The van der Waals surface area contributed by atoms with Crippen molar-refractivity contribution in [3.8, 4) is 11.4 Å². The number of fused-ring (bicyclic) bond motifs is 4. The van der Waals surface area contributed by atoms with Crippen LogP contribution in [0.4, 0.5) is 0 Å². The molecule has 0 spiro atoms. The summed E-state index contributed by atoms with van der Waals surface area (Å²) in [6.07, 6.45) is 2.82. The summed E-state index contributed by atoms with van der Waals surface area (Å²) in [6.45, 7) is 22.4. The van der Waals surface area contributed by atoms with E-state index in [2.05, 4.69) is 142 Å². The Morgan fingerprint density at radius 3 is 2.00 bits per heavy atom. The molecule has 258 valence electrons. The van der Waals surface area contributed by atoms with Crippen LogP contribution in [0.2, 0.25) is 0 Å². The van der Waals surface area contributed by atoms with Crippen LogP contribution in [0.3, 0.4) is 0 Å². The minimum atomic E-state index is -0.182. The van der Waals surface area contributed by atoms with E-state index in [0.29, 0.717) is 0 Å². The first-order chi connectivity index (χ1) is 24.0. The number of aromatic nitrogens is 3. The summed E-state index contributed by atoms with van der Waals surface area (Å²) in [5, 5.41) is 5.34. The Kier molecular flexibility index (Phi) is 7.76. The Bertz CT molecular complexity index is 2660. The second kappa shape index (κ2) is 11.8. The molecule has 3 aromatic carbocycles. The fraction of sp³-hybridized carbons (Fsp3) is 0.311. The molecule has 0 amide bonds. The molecule has 0 unspecified atom stereocenters. The molecule has 0 fully saturated rings. The molecular weight excluding hydrogens is 693 g/mol. The molecule has 5 nitrogen and oxygen atoms in total. The predicted molar refractivity (Wildman–Crippen MR) is 214 cm³/mol. The molecule has 5 aromatic heterocycles. The van der Waals surface area contributed by atoms with Gasteiger partial charge in [-0.1, -0.05) is 0 Å². The van der Waals surface area contributed by atoms with Crippen LogP contribution in [-0.2, 0) is 17.3 Å². The molecular formula is C45H45N3O2Se. The molecule has 0 radical (unpaired) electrons. The SMILES string of the molecule is Cc1cc([Se]c2cc(C(C)(C)C)cc(-c3cc(C(C)(C)C)ccn3)n2)nc2c1oc1cc(CC(C)(C)C)cc3oc4c5ccccc5cc2c4c13. The molecule has 0 aliphatic heterocycles. The van der Waals surface area contributed by atoms with E-state index in [1.54, 1.807) is 0 Å². The van der Waals surface area contributed by atoms with Gasteiger partial charge in [0.1, 0.15) is 0 Å². The number of hydrogen-bond acceptors (Lipinski definition) is 5. The summed E-state index contributed by atoms with van der Waals surface area (Å²) in [5.41, 5.74) is 10.8. The van der Waals surface area contributed by atoms with Crippen LogP contribution in [0.25, 0.3) is 66.2 Å². The number of aryl methyl sites for hydroxylation is 1. The van der Waals surface area contributed by atoms with Crippen molar-refractivity contribution >= 4 is 78.9 Å². The van der Waals surface area contributed by atoms with Gasteiger partial charge in [0.25, 0.3) is 0 Å². The third-order valence-corrected chi connectivity index (χ3v) is 11.4. The van der Waals surface area contributed by atoms with Crippen LogP contribution in [0.1, 0.15) is 84.6 Å². The third kappa shape index (κ3) is 6.23. The van der Waals surface area contributed by atoms with Crippen LogP contribution in [0.5, 0.6) is 0 Å². The Morgan fingerprint density at radius 1 is 0.627 bits per heavy atom. The minimum absolute atomic E-state index is 0.0139. The molecule has 5 heterocycles. The summed E-state index contributed by atoms with van der Waals surface area (Å²) in [7, 11) is 0. The number of hydrogen-bond donors (Lipinski definition) is 0. The first kappa shape index (κ1) is 33.6. The molecule has 0 aliphatic carbocycles. The van der Waals surface area contributed by atoms with Gasteiger partial charge in [-0.05, 0) is 0 Å². The van der Waals surface area contributed by atoms with E-state index in [9.17, 15) is 0 Å².